The fraction of sp³-hybridized carbons (Fsp3) is 0.444. The highest BCUT2D eigenvalue weighted by atomic mass is 35.5. The van der Waals surface area contributed by atoms with E-state index in [-0.39, 0.29) is 22.7 Å². The summed E-state index contributed by atoms with van der Waals surface area (Å²) in [6.07, 6.45) is -2.30. The Balaban J connectivity index is 1.93. The van der Waals surface area contributed by atoms with Gasteiger partial charge in [-0.15, -0.1) is 0 Å². The average molecular weight is 554 g/mol. The van der Waals surface area contributed by atoms with E-state index in [1.807, 2.05) is 0 Å². The van der Waals surface area contributed by atoms with Gasteiger partial charge in [0.25, 0.3) is 5.92 Å². The lowest BCUT2D eigenvalue weighted by atomic mass is 10.00. The summed E-state index contributed by atoms with van der Waals surface area (Å²) >= 11 is 5.98. The van der Waals surface area contributed by atoms with Crippen LogP contribution in [-0.4, -0.2) is 41.6 Å². The standard InChI is InChI=1S/C27H31ClF3N3O4/c1-15(2)34-22-11-10-17(28)13-18(22)27(30,31)14-21(24(34)36)32-23(35)20(33-25(37)38-26(3,4)5)12-16-8-6-7-9-19(16)29/h6-11,13,15,20-21H,12,14H2,1-5H3,(H,32,35)(H,33,37)/t20-,21-/m1/s1. The summed E-state index contributed by atoms with van der Waals surface area (Å²) in [5.74, 6) is -5.83. The van der Waals surface area contributed by atoms with E-state index in [0.29, 0.717) is 0 Å². The van der Waals surface area contributed by atoms with Gasteiger partial charge >= 0.3 is 6.09 Å². The minimum atomic E-state index is -3.52. The molecule has 2 N–H and O–H groups in total. The number of carbonyl (C=O) groups excluding carboxylic acids is 3. The highest BCUT2D eigenvalue weighted by Crippen LogP contribution is 2.43. The molecular weight excluding hydrogens is 523 g/mol. The molecule has 0 spiro atoms. The third kappa shape index (κ3) is 6.98. The maximum atomic E-state index is 15.4. The van der Waals surface area contributed by atoms with Gasteiger partial charge in [-0.05, 0) is 64.4 Å². The summed E-state index contributed by atoms with van der Waals surface area (Å²) in [7, 11) is 0. The molecule has 0 fully saturated rings. The Morgan fingerprint density at radius 1 is 1.18 bits per heavy atom. The first-order chi connectivity index (χ1) is 17.6. The number of rotatable bonds is 6. The first-order valence-electron chi connectivity index (χ1n) is 12.1. The smallest absolute Gasteiger partial charge is 0.408 e. The molecular formula is C27H31ClF3N3O4. The van der Waals surface area contributed by atoms with Gasteiger partial charge in [-0.1, -0.05) is 29.8 Å². The Kier molecular flexibility index (Phi) is 8.65. The van der Waals surface area contributed by atoms with Crippen LogP contribution in [0.3, 0.4) is 0 Å². The zero-order valence-corrected chi connectivity index (χ0v) is 22.5. The molecule has 0 saturated carbocycles. The molecule has 0 radical (unpaired) electrons. The van der Waals surface area contributed by atoms with Gasteiger partial charge in [-0.3, -0.25) is 9.59 Å². The van der Waals surface area contributed by atoms with Crippen molar-refractivity contribution in [2.75, 3.05) is 4.90 Å². The van der Waals surface area contributed by atoms with Gasteiger partial charge in [0.2, 0.25) is 11.8 Å². The van der Waals surface area contributed by atoms with Crippen molar-refractivity contribution in [1.29, 1.82) is 0 Å². The number of nitrogens with one attached hydrogen (secondary N) is 2. The third-order valence-corrected chi connectivity index (χ3v) is 6.07. The Hall–Kier alpha value is -3.27. The Morgan fingerprint density at radius 2 is 1.84 bits per heavy atom. The molecule has 206 valence electrons. The quantitative estimate of drug-likeness (QED) is 0.506. The maximum Gasteiger partial charge on any atom is 0.408 e. The Bertz CT molecular complexity index is 1220. The van der Waals surface area contributed by atoms with E-state index in [2.05, 4.69) is 10.6 Å². The summed E-state index contributed by atoms with van der Waals surface area (Å²) in [5, 5.41) is 4.83. The van der Waals surface area contributed by atoms with Gasteiger partial charge in [0.1, 0.15) is 23.5 Å². The second-order valence-corrected chi connectivity index (χ2v) is 10.9. The molecule has 2 aromatic carbocycles. The highest BCUT2D eigenvalue weighted by molar-refractivity contribution is 6.30. The predicted octanol–water partition coefficient (Wildman–Crippen LogP) is 5.34. The van der Waals surface area contributed by atoms with Crippen LogP contribution in [0.5, 0.6) is 0 Å². The van der Waals surface area contributed by atoms with Gasteiger partial charge in [-0.25, -0.2) is 18.0 Å². The van der Waals surface area contributed by atoms with Gasteiger partial charge in [0.05, 0.1) is 5.69 Å². The second kappa shape index (κ2) is 11.2. The topological polar surface area (TPSA) is 87.7 Å². The lowest BCUT2D eigenvalue weighted by Crippen LogP contribution is -2.56. The van der Waals surface area contributed by atoms with Crippen molar-refractivity contribution in [3.63, 3.8) is 0 Å². The minimum absolute atomic E-state index is 0.00839. The molecule has 0 bridgehead atoms. The summed E-state index contributed by atoms with van der Waals surface area (Å²) < 4.78 is 50.4. The summed E-state index contributed by atoms with van der Waals surface area (Å²) in [5.41, 5.74) is -1.23. The number of halogens is 4. The van der Waals surface area contributed by atoms with E-state index < -0.39 is 65.4 Å². The number of hydrogen-bond donors (Lipinski definition) is 2. The third-order valence-electron chi connectivity index (χ3n) is 5.83. The molecule has 38 heavy (non-hydrogen) atoms. The van der Waals surface area contributed by atoms with E-state index in [9.17, 15) is 18.8 Å². The second-order valence-electron chi connectivity index (χ2n) is 10.4. The number of benzene rings is 2. The minimum Gasteiger partial charge on any atom is -0.444 e. The molecule has 2 atom stereocenters. The summed E-state index contributed by atoms with van der Waals surface area (Å²) in [4.78, 5) is 40.5. The number of nitrogens with zero attached hydrogens (tertiary/aromatic N) is 1. The Labute approximate surface area is 224 Å². The number of alkyl carbamates (subject to hydrolysis) is 1. The van der Waals surface area contributed by atoms with Gasteiger partial charge < -0.3 is 20.3 Å². The monoisotopic (exact) mass is 553 g/mol. The van der Waals surface area contributed by atoms with Gasteiger partial charge in [-0.2, -0.15) is 0 Å². The van der Waals surface area contributed by atoms with Crippen LogP contribution in [0.1, 0.15) is 52.2 Å². The molecule has 0 unspecified atom stereocenters. The molecule has 3 rings (SSSR count). The fourth-order valence-electron chi connectivity index (χ4n) is 4.21. The van der Waals surface area contributed by atoms with Crippen LogP contribution in [0.4, 0.5) is 23.7 Å². The van der Waals surface area contributed by atoms with Crippen LogP contribution in [0, 0.1) is 5.82 Å². The largest absolute Gasteiger partial charge is 0.444 e. The molecule has 2 aromatic rings. The van der Waals surface area contributed by atoms with Crippen LogP contribution in [0.2, 0.25) is 5.02 Å². The molecule has 11 heteroatoms. The molecule has 0 aliphatic carbocycles. The number of fused-ring (bicyclic) bond motifs is 1. The number of ether oxygens (including phenoxy) is 1. The summed E-state index contributed by atoms with van der Waals surface area (Å²) in [6.45, 7) is 8.17. The van der Waals surface area contributed by atoms with E-state index in [1.165, 1.54) is 35.2 Å². The van der Waals surface area contributed by atoms with Crippen molar-refractivity contribution in [2.24, 2.45) is 0 Å². The highest BCUT2D eigenvalue weighted by Gasteiger charge is 2.47. The number of anilines is 1. The van der Waals surface area contributed by atoms with Crippen LogP contribution in [0.25, 0.3) is 0 Å². The SMILES string of the molecule is CC(C)N1C(=O)[C@H](NC(=O)[C@@H](Cc2ccccc2F)NC(=O)OC(C)(C)C)CC(F)(F)c2cc(Cl)ccc21. The van der Waals surface area contributed by atoms with Gasteiger partial charge in [0, 0.05) is 29.5 Å². The molecule has 7 nitrogen and oxygen atoms in total. The predicted molar refractivity (Wildman–Crippen MR) is 138 cm³/mol. The molecule has 0 aromatic heterocycles. The van der Waals surface area contributed by atoms with Crippen molar-refractivity contribution in [3.05, 3.63) is 64.4 Å². The molecule has 0 saturated heterocycles. The normalized spacial score (nSPS) is 17.9. The van der Waals surface area contributed by atoms with E-state index in [4.69, 9.17) is 16.3 Å². The van der Waals surface area contributed by atoms with Crippen LogP contribution in [-0.2, 0) is 26.7 Å². The number of carbonyl (C=O) groups is 3. The number of amides is 3. The first-order valence-corrected chi connectivity index (χ1v) is 12.5. The fourth-order valence-corrected chi connectivity index (χ4v) is 4.38. The van der Waals surface area contributed by atoms with Crippen molar-refractivity contribution >= 4 is 35.2 Å². The first kappa shape index (κ1) is 29.3. The zero-order chi connectivity index (χ0) is 28.4. The molecule has 1 aliphatic rings. The Morgan fingerprint density at radius 3 is 2.45 bits per heavy atom. The van der Waals surface area contributed by atoms with Crippen LogP contribution < -0.4 is 15.5 Å². The van der Waals surface area contributed by atoms with Crippen LogP contribution >= 0.6 is 11.6 Å². The van der Waals surface area contributed by atoms with Crippen molar-refractivity contribution in [3.8, 4) is 0 Å². The summed E-state index contributed by atoms with van der Waals surface area (Å²) in [6, 6.07) is 5.91. The van der Waals surface area contributed by atoms with Gasteiger partial charge in [0.15, 0.2) is 0 Å². The molecule has 3 amide bonds. The van der Waals surface area contributed by atoms with E-state index in [0.717, 1.165) is 6.07 Å². The lowest BCUT2D eigenvalue weighted by molar-refractivity contribution is -0.131. The van der Waals surface area contributed by atoms with Crippen molar-refractivity contribution < 1.29 is 32.3 Å². The molecule has 1 heterocycles. The van der Waals surface area contributed by atoms with E-state index in [1.54, 1.807) is 40.7 Å². The number of hydrogen-bond acceptors (Lipinski definition) is 4. The lowest BCUT2D eigenvalue weighted by Gasteiger charge is -2.30. The average Bonchev–Trinajstić information content (AvgIpc) is 2.86. The number of alkyl halides is 2. The van der Waals surface area contributed by atoms with Crippen molar-refractivity contribution in [1.82, 2.24) is 10.6 Å². The zero-order valence-electron chi connectivity index (χ0n) is 21.8. The van der Waals surface area contributed by atoms with Crippen LogP contribution in [0.15, 0.2) is 42.5 Å². The van der Waals surface area contributed by atoms with E-state index >= 15 is 8.78 Å². The van der Waals surface area contributed by atoms with Crippen molar-refractivity contribution in [2.45, 2.75) is 77.1 Å². The molecule has 1 aliphatic heterocycles. The maximum absolute atomic E-state index is 15.4.